The number of nitrogens with zero attached hydrogens (tertiary/aromatic N) is 2. The lowest BCUT2D eigenvalue weighted by Crippen LogP contribution is -1.88. The fourth-order valence-corrected chi connectivity index (χ4v) is 0.834. The summed E-state index contributed by atoms with van der Waals surface area (Å²) in [6.45, 7) is 4.07. The summed E-state index contributed by atoms with van der Waals surface area (Å²) in [6.07, 6.45) is 1.91. The molecule has 0 aliphatic heterocycles. The maximum Gasteiger partial charge on any atom is 0.285 e. The largest absolute Gasteiger partial charge is 0.327 e. The van der Waals surface area contributed by atoms with Crippen LogP contribution in [0.4, 0.5) is 0 Å². The Labute approximate surface area is 64.2 Å². The maximum atomic E-state index is 4.88. The molecule has 1 heterocycles. The van der Waals surface area contributed by atoms with Crippen LogP contribution in [0.1, 0.15) is 25.6 Å². The summed E-state index contributed by atoms with van der Waals surface area (Å²) in [6, 6.07) is 0. The van der Waals surface area contributed by atoms with Crippen LogP contribution < -0.4 is 0 Å². The van der Waals surface area contributed by atoms with Gasteiger partial charge >= 0.3 is 0 Å². The fraction of sp³-hybridized carbons (Fsp3) is 0.667. The molecule has 0 radical (unpaired) electrons. The molecule has 0 atom stereocenters. The lowest BCUT2D eigenvalue weighted by molar-refractivity contribution is 0.336. The summed E-state index contributed by atoms with van der Waals surface area (Å²) >= 11 is 1.47. The Balaban J connectivity index is 2.78. The first-order chi connectivity index (χ1) is 4.74. The van der Waals surface area contributed by atoms with Crippen LogP contribution in [0.15, 0.2) is 9.75 Å². The molecule has 0 aliphatic carbocycles. The number of rotatable bonds is 2. The molecule has 1 aromatic heterocycles. The molecule has 3 nitrogen and oxygen atoms in total. The van der Waals surface area contributed by atoms with Crippen molar-refractivity contribution in [1.82, 2.24) is 10.1 Å². The van der Waals surface area contributed by atoms with Crippen molar-refractivity contribution in [2.45, 2.75) is 25.0 Å². The van der Waals surface area contributed by atoms with E-state index in [2.05, 4.69) is 10.1 Å². The lowest BCUT2D eigenvalue weighted by atomic mass is 10.2. The van der Waals surface area contributed by atoms with Gasteiger partial charge in [0.05, 0.1) is 0 Å². The minimum atomic E-state index is 0.352. The number of thioether (sulfide) groups is 1. The first kappa shape index (κ1) is 7.60. The van der Waals surface area contributed by atoms with Crippen LogP contribution in [0.2, 0.25) is 0 Å². The molecule has 0 saturated carbocycles. The number of aromatic nitrogens is 2. The van der Waals surface area contributed by atoms with Crippen LogP contribution in [0, 0.1) is 0 Å². The Bertz CT molecular complexity index is 209. The molecule has 0 aromatic carbocycles. The maximum absolute atomic E-state index is 4.88. The van der Waals surface area contributed by atoms with Crippen molar-refractivity contribution in [2.75, 3.05) is 6.26 Å². The van der Waals surface area contributed by atoms with Gasteiger partial charge in [-0.25, -0.2) is 0 Å². The van der Waals surface area contributed by atoms with Gasteiger partial charge in [0.2, 0.25) is 0 Å². The molecule has 56 valence electrons. The molecule has 1 aromatic rings. The van der Waals surface area contributed by atoms with E-state index in [1.54, 1.807) is 0 Å². The summed E-state index contributed by atoms with van der Waals surface area (Å²) < 4.78 is 4.88. The zero-order valence-electron chi connectivity index (χ0n) is 6.29. The summed E-state index contributed by atoms with van der Waals surface area (Å²) in [5.74, 6) is 1.13. The van der Waals surface area contributed by atoms with Gasteiger partial charge in [0.25, 0.3) is 5.22 Å². The van der Waals surface area contributed by atoms with E-state index in [4.69, 9.17) is 4.52 Å². The average molecular weight is 158 g/mol. The molecule has 0 N–H and O–H groups in total. The molecule has 0 spiro atoms. The molecule has 0 bridgehead atoms. The predicted molar refractivity (Wildman–Crippen MR) is 40.2 cm³/mol. The standard InChI is InChI=1S/C6H10N2OS/c1-4(2)5-7-6(10-3)9-8-5/h4H,1-3H3. The zero-order valence-corrected chi connectivity index (χ0v) is 7.10. The molecular weight excluding hydrogens is 148 g/mol. The second-order valence-electron chi connectivity index (χ2n) is 2.28. The van der Waals surface area contributed by atoms with E-state index < -0.39 is 0 Å². The molecule has 1 rings (SSSR count). The third-order valence-corrected chi connectivity index (χ3v) is 1.63. The average Bonchev–Trinajstić information content (AvgIpc) is 2.34. The van der Waals surface area contributed by atoms with Gasteiger partial charge in [-0.15, -0.1) is 0 Å². The van der Waals surface area contributed by atoms with E-state index in [-0.39, 0.29) is 0 Å². The highest BCUT2D eigenvalue weighted by atomic mass is 32.2. The van der Waals surface area contributed by atoms with E-state index in [0.29, 0.717) is 11.1 Å². The van der Waals surface area contributed by atoms with Gasteiger partial charge in [0, 0.05) is 5.92 Å². The fourth-order valence-electron chi connectivity index (χ4n) is 0.538. The van der Waals surface area contributed by atoms with Crippen LogP contribution in [-0.2, 0) is 0 Å². The van der Waals surface area contributed by atoms with Crippen molar-refractivity contribution < 1.29 is 4.52 Å². The smallest absolute Gasteiger partial charge is 0.285 e. The van der Waals surface area contributed by atoms with Crippen LogP contribution in [0.3, 0.4) is 0 Å². The molecule has 10 heavy (non-hydrogen) atoms. The van der Waals surface area contributed by atoms with Crippen molar-refractivity contribution in [2.24, 2.45) is 0 Å². The molecular formula is C6H10N2OS. The number of hydrogen-bond acceptors (Lipinski definition) is 4. The van der Waals surface area contributed by atoms with Gasteiger partial charge in [-0.3, -0.25) is 0 Å². The van der Waals surface area contributed by atoms with Crippen LogP contribution in [0.25, 0.3) is 0 Å². The molecule has 0 unspecified atom stereocenters. The first-order valence-electron chi connectivity index (χ1n) is 3.11. The molecule has 0 fully saturated rings. The minimum absolute atomic E-state index is 0.352. The van der Waals surface area contributed by atoms with E-state index >= 15 is 0 Å². The summed E-state index contributed by atoms with van der Waals surface area (Å²) in [5.41, 5.74) is 0. The topological polar surface area (TPSA) is 38.9 Å². The molecule has 0 amide bonds. The third-order valence-electron chi connectivity index (χ3n) is 1.11. The molecule has 0 saturated heterocycles. The highest BCUT2D eigenvalue weighted by Crippen LogP contribution is 2.15. The highest BCUT2D eigenvalue weighted by molar-refractivity contribution is 7.98. The van der Waals surface area contributed by atoms with Crippen molar-refractivity contribution in [3.63, 3.8) is 0 Å². The summed E-state index contributed by atoms with van der Waals surface area (Å²) in [5, 5.41) is 4.42. The second kappa shape index (κ2) is 3.05. The van der Waals surface area contributed by atoms with Crippen LogP contribution in [0.5, 0.6) is 0 Å². The predicted octanol–water partition coefficient (Wildman–Crippen LogP) is 1.91. The summed E-state index contributed by atoms with van der Waals surface area (Å²) in [7, 11) is 0. The van der Waals surface area contributed by atoms with E-state index in [1.165, 1.54) is 11.8 Å². The molecule has 0 aliphatic rings. The van der Waals surface area contributed by atoms with Gasteiger partial charge in [-0.05, 0) is 6.26 Å². The Hall–Kier alpha value is -0.510. The lowest BCUT2D eigenvalue weighted by Gasteiger charge is -1.91. The van der Waals surface area contributed by atoms with Crippen molar-refractivity contribution in [3.05, 3.63) is 5.82 Å². The Morgan fingerprint density at radius 1 is 1.50 bits per heavy atom. The van der Waals surface area contributed by atoms with Gasteiger partial charge in [-0.1, -0.05) is 30.8 Å². The van der Waals surface area contributed by atoms with Gasteiger partial charge < -0.3 is 4.52 Å². The van der Waals surface area contributed by atoms with Crippen molar-refractivity contribution in [3.8, 4) is 0 Å². The third kappa shape index (κ3) is 1.50. The van der Waals surface area contributed by atoms with Crippen molar-refractivity contribution >= 4 is 11.8 Å². The van der Waals surface area contributed by atoms with E-state index in [9.17, 15) is 0 Å². The Morgan fingerprint density at radius 2 is 2.20 bits per heavy atom. The first-order valence-corrected chi connectivity index (χ1v) is 4.34. The monoisotopic (exact) mass is 158 g/mol. The van der Waals surface area contributed by atoms with Crippen molar-refractivity contribution in [1.29, 1.82) is 0 Å². The number of hydrogen-bond donors (Lipinski definition) is 0. The van der Waals surface area contributed by atoms with Crippen LogP contribution in [-0.4, -0.2) is 16.4 Å². The van der Waals surface area contributed by atoms with E-state index in [1.807, 2.05) is 20.1 Å². The van der Waals surface area contributed by atoms with E-state index in [0.717, 1.165) is 5.82 Å². The SMILES string of the molecule is CSc1nc(C(C)C)no1. The Kier molecular flexibility index (Phi) is 2.32. The normalized spacial score (nSPS) is 10.8. The zero-order chi connectivity index (χ0) is 7.56. The minimum Gasteiger partial charge on any atom is -0.327 e. The van der Waals surface area contributed by atoms with Gasteiger partial charge in [0.15, 0.2) is 5.82 Å². The molecule has 4 heteroatoms. The Morgan fingerprint density at radius 3 is 2.50 bits per heavy atom. The highest BCUT2D eigenvalue weighted by Gasteiger charge is 2.07. The van der Waals surface area contributed by atoms with Gasteiger partial charge in [-0.2, -0.15) is 4.98 Å². The quantitative estimate of drug-likeness (QED) is 0.616. The second-order valence-corrected chi connectivity index (χ2v) is 3.03. The summed E-state index contributed by atoms with van der Waals surface area (Å²) in [4.78, 5) is 4.11. The van der Waals surface area contributed by atoms with Crippen LogP contribution >= 0.6 is 11.8 Å². The van der Waals surface area contributed by atoms with Gasteiger partial charge in [0.1, 0.15) is 0 Å².